The Hall–Kier alpha value is -1.91. The molecule has 0 aromatic carbocycles. The summed E-state index contributed by atoms with van der Waals surface area (Å²) >= 11 is 0. The number of hydrogen-bond acceptors (Lipinski definition) is 4. The van der Waals surface area contributed by atoms with Crippen LogP contribution in [0.4, 0.5) is 11.5 Å². The predicted octanol–water partition coefficient (Wildman–Crippen LogP) is 2.20. The van der Waals surface area contributed by atoms with Gasteiger partial charge in [0.05, 0.1) is 17.6 Å². The van der Waals surface area contributed by atoms with Crippen molar-refractivity contribution in [3.05, 3.63) is 29.9 Å². The first kappa shape index (κ1) is 12.5. The van der Waals surface area contributed by atoms with Gasteiger partial charge in [-0.15, -0.1) is 0 Å². The van der Waals surface area contributed by atoms with Crippen molar-refractivity contribution in [2.45, 2.75) is 26.2 Å². The van der Waals surface area contributed by atoms with E-state index < -0.39 is 0 Å². The first-order valence-electron chi connectivity index (χ1n) is 6.30. The van der Waals surface area contributed by atoms with Gasteiger partial charge in [0.25, 0.3) is 0 Å². The highest BCUT2D eigenvalue weighted by Crippen LogP contribution is 2.22. The standard InChI is InChI=1S/C13H20N4O/c1-3-5-11-12(14)13(17(2)16-11)15-8-7-10-6-4-9-18-10/h4,6,9,15H,3,5,7-8,14H2,1-2H3. The lowest BCUT2D eigenvalue weighted by Crippen LogP contribution is -2.09. The van der Waals surface area contributed by atoms with Gasteiger partial charge in [-0.2, -0.15) is 5.10 Å². The SMILES string of the molecule is CCCc1nn(C)c(NCCc2ccco2)c1N. The first-order chi connectivity index (χ1) is 8.72. The number of anilines is 2. The van der Waals surface area contributed by atoms with Crippen molar-refractivity contribution in [2.75, 3.05) is 17.6 Å². The summed E-state index contributed by atoms with van der Waals surface area (Å²) in [5, 5.41) is 7.74. The third-order valence-electron chi connectivity index (χ3n) is 2.89. The van der Waals surface area contributed by atoms with Crippen LogP contribution in [0.25, 0.3) is 0 Å². The number of nitrogens with one attached hydrogen (secondary N) is 1. The summed E-state index contributed by atoms with van der Waals surface area (Å²) in [5.74, 6) is 1.86. The molecule has 0 saturated carbocycles. The molecule has 3 N–H and O–H groups in total. The molecular formula is C13H20N4O. The summed E-state index contributed by atoms with van der Waals surface area (Å²) in [6.07, 6.45) is 4.49. The van der Waals surface area contributed by atoms with Crippen LogP contribution in [0.15, 0.2) is 22.8 Å². The van der Waals surface area contributed by atoms with E-state index >= 15 is 0 Å². The van der Waals surface area contributed by atoms with E-state index in [2.05, 4.69) is 17.3 Å². The van der Waals surface area contributed by atoms with E-state index in [1.165, 1.54) is 0 Å². The minimum absolute atomic E-state index is 0.763. The second kappa shape index (κ2) is 5.62. The molecule has 2 aromatic rings. The zero-order valence-corrected chi connectivity index (χ0v) is 10.9. The van der Waals surface area contributed by atoms with Crippen LogP contribution in [0.1, 0.15) is 24.8 Å². The fourth-order valence-corrected chi connectivity index (χ4v) is 1.99. The van der Waals surface area contributed by atoms with Crippen molar-refractivity contribution >= 4 is 11.5 Å². The third-order valence-corrected chi connectivity index (χ3v) is 2.89. The number of aryl methyl sites for hydroxylation is 2. The van der Waals surface area contributed by atoms with Gasteiger partial charge in [-0.3, -0.25) is 4.68 Å². The molecule has 0 amide bonds. The molecule has 5 nitrogen and oxygen atoms in total. The largest absolute Gasteiger partial charge is 0.469 e. The smallest absolute Gasteiger partial charge is 0.147 e. The van der Waals surface area contributed by atoms with Crippen LogP contribution in [0.3, 0.4) is 0 Å². The third kappa shape index (κ3) is 2.67. The molecule has 0 spiro atoms. The molecule has 5 heteroatoms. The molecule has 0 unspecified atom stereocenters. The maximum Gasteiger partial charge on any atom is 0.147 e. The van der Waals surface area contributed by atoms with Crippen LogP contribution >= 0.6 is 0 Å². The summed E-state index contributed by atoms with van der Waals surface area (Å²) < 4.78 is 7.09. The number of nitrogens with two attached hydrogens (primary N) is 1. The summed E-state index contributed by atoms with van der Waals surface area (Å²) in [4.78, 5) is 0. The Labute approximate surface area is 107 Å². The molecule has 0 aliphatic carbocycles. The average molecular weight is 248 g/mol. The zero-order chi connectivity index (χ0) is 13.0. The molecule has 2 rings (SSSR count). The average Bonchev–Trinajstić information content (AvgIpc) is 2.93. The molecule has 2 heterocycles. The monoisotopic (exact) mass is 248 g/mol. The Kier molecular flexibility index (Phi) is 3.92. The van der Waals surface area contributed by atoms with Crippen LogP contribution in [0, 0.1) is 0 Å². The number of furan rings is 1. The van der Waals surface area contributed by atoms with Crippen LogP contribution in [0.5, 0.6) is 0 Å². The highest BCUT2D eigenvalue weighted by molar-refractivity contribution is 5.65. The van der Waals surface area contributed by atoms with E-state index in [1.54, 1.807) is 6.26 Å². The minimum atomic E-state index is 0.763. The van der Waals surface area contributed by atoms with Gasteiger partial charge in [0.1, 0.15) is 11.6 Å². The molecule has 0 radical (unpaired) electrons. The molecular weight excluding hydrogens is 228 g/mol. The van der Waals surface area contributed by atoms with Crippen molar-refractivity contribution in [3.63, 3.8) is 0 Å². The molecule has 0 aliphatic rings. The topological polar surface area (TPSA) is 69.0 Å². The molecule has 0 aliphatic heterocycles. The predicted molar refractivity (Wildman–Crippen MR) is 72.5 cm³/mol. The van der Waals surface area contributed by atoms with Gasteiger partial charge < -0.3 is 15.5 Å². The van der Waals surface area contributed by atoms with Crippen LogP contribution in [-0.4, -0.2) is 16.3 Å². The fourth-order valence-electron chi connectivity index (χ4n) is 1.99. The van der Waals surface area contributed by atoms with Crippen molar-refractivity contribution in [3.8, 4) is 0 Å². The zero-order valence-electron chi connectivity index (χ0n) is 10.9. The van der Waals surface area contributed by atoms with E-state index in [-0.39, 0.29) is 0 Å². The second-order valence-corrected chi connectivity index (χ2v) is 4.34. The lowest BCUT2D eigenvalue weighted by Gasteiger charge is -2.06. The second-order valence-electron chi connectivity index (χ2n) is 4.34. The molecule has 18 heavy (non-hydrogen) atoms. The number of aromatic nitrogens is 2. The van der Waals surface area contributed by atoms with Gasteiger partial charge in [-0.05, 0) is 18.6 Å². The Balaban J connectivity index is 1.96. The number of nitrogens with zero attached hydrogens (tertiary/aromatic N) is 2. The van der Waals surface area contributed by atoms with Gasteiger partial charge >= 0.3 is 0 Å². The van der Waals surface area contributed by atoms with Gasteiger partial charge in [-0.1, -0.05) is 13.3 Å². The van der Waals surface area contributed by atoms with E-state index in [0.717, 1.165) is 48.8 Å². The minimum Gasteiger partial charge on any atom is -0.469 e. The Morgan fingerprint density at radius 1 is 1.44 bits per heavy atom. The van der Waals surface area contributed by atoms with Gasteiger partial charge in [0.15, 0.2) is 0 Å². The summed E-state index contributed by atoms with van der Waals surface area (Å²) in [6, 6.07) is 3.86. The number of nitrogen functional groups attached to an aromatic ring is 1. The van der Waals surface area contributed by atoms with Crippen LogP contribution in [0.2, 0.25) is 0 Å². The van der Waals surface area contributed by atoms with E-state index in [1.807, 2.05) is 23.9 Å². The lowest BCUT2D eigenvalue weighted by molar-refractivity contribution is 0.512. The summed E-state index contributed by atoms with van der Waals surface area (Å²) in [7, 11) is 1.91. The molecule has 98 valence electrons. The highest BCUT2D eigenvalue weighted by Gasteiger charge is 2.11. The first-order valence-corrected chi connectivity index (χ1v) is 6.30. The molecule has 0 bridgehead atoms. The van der Waals surface area contributed by atoms with Crippen molar-refractivity contribution < 1.29 is 4.42 Å². The van der Waals surface area contributed by atoms with Crippen molar-refractivity contribution in [2.24, 2.45) is 7.05 Å². The molecule has 2 aromatic heterocycles. The highest BCUT2D eigenvalue weighted by atomic mass is 16.3. The van der Waals surface area contributed by atoms with Gasteiger partial charge in [0, 0.05) is 20.0 Å². The summed E-state index contributed by atoms with van der Waals surface area (Å²) in [6.45, 7) is 2.90. The van der Waals surface area contributed by atoms with Crippen molar-refractivity contribution in [1.29, 1.82) is 0 Å². The number of rotatable bonds is 6. The van der Waals surface area contributed by atoms with Gasteiger partial charge in [-0.25, -0.2) is 0 Å². The normalized spacial score (nSPS) is 10.8. The molecule has 0 saturated heterocycles. The Morgan fingerprint density at radius 2 is 2.28 bits per heavy atom. The quantitative estimate of drug-likeness (QED) is 0.822. The lowest BCUT2D eigenvalue weighted by atomic mass is 10.2. The maximum atomic E-state index is 6.08. The van der Waals surface area contributed by atoms with Crippen LogP contribution in [-0.2, 0) is 19.9 Å². The van der Waals surface area contributed by atoms with E-state index in [9.17, 15) is 0 Å². The Bertz CT molecular complexity index is 487. The number of hydrogen-bond donors (Lipinski definition) is 2. The van der Waals surface area contributed by atoms with Crippen molar-refractivity contribution in [1.82, 2.24) is 9.78 Å². The van der Waals surface area contributed by atoms with Gasteiger partial charge in [0.2, 0.25) is 0 Å². The van der Waals surface area contributed by atoms with E-state index in [4.69, 9.17) is 10.2 Å². The Morgan fingerprint density at radius 3 is 2.94 bits per heavy atom. The van der Waals surface area contributed by atoms with Crippen LogP contribution < -0.4 is 11.1 Å². The van der Waals surface area contributed by atoms with E-state index in [0.29, 0.717) is 0 Å². The fraction of sp³-hybridized carbons (Fsp3) is 0.462. The maximum absolute atomic E-state index is 6.08. The molecule has 0 atom stereocenters. The molecule has 0 fully saturated rings. The summed E-state index contributed by atoms with van der Waals surface area (Å²) in [5.41, 5.74) is 7.82.